The third-order valence-corrected chi connectivity index (χ3v) is 3.45. The van der Waals surface area contributed by atoms with Crippen molar-refractivity contribution < 1.29 is 4.74 Å². The highest BCUT2D eigenvalue weighted by molar-refractivity contribution is 5.48. The second-order valence-electron chi connectivity index (χ2n) is 5.27. The summed E-state index contributed by atoms with van der Waals surface area (Å²) < 4.78 is 5.62. The Morgan fingerprint density at radius 2 is 1.62 bits per heavy atom. The molecule has 0 saturated carbocycles. The molecular weight excluding hydrogens is 258 g/mol. The molecule has 0 fully saturated rings. The first kappa shape index (κ1) is 15.4. The van der Waals surface area contributed by atoms with Gasteiger partial charge in [0.25, 0.3) is 0 Å². The number of rotatable bonds is 8. The van der Waals surface area contributed by atoms with Gasteiger partial charge < -0.3 is 10.1 Å². The molecule has 1 N–H and O–H groups in total. The monoisotopic (exact) mass is 283 g/mol. The van der Waals surface area contributed by atoms with Crippen LogP contribution >= 0.6 is 0 Å². The van der Waals surface area contributed by atoms with Crippen LogP contribution in [-0.4, -0.2) is 6.61 Å². The molecule has 21 heavy (non-hydrogen) atoms. The number of hydrogen-bond donors (Lipinski definition) is 1. The molecule has 0 aliphatic heterocycles. The highest BCUT2D eigenvalue weighted by Gasteiger charge is 2.09. The SMILES string of the molecule is CCCOc1ccc(NC(CCC)c2ccccc2)cc1. The predicted octanol–water partition coefficient (Wildman–Crippen LogP) is 5.43. The topological polar surface area (TPSA) is 21.3 Å². The molecule has 0 radical (unpaired) electrons. The average molecular weight is 283 g/mol. The van der Waals surface area contributed by atoms with Crippen LogP contribution in [0, 0.1) is 0 Å². The van der Waals surface area contributed by atoms with Crippen LogP contribution in [0.5, 0.6) is 5.75 Å². The zero-order chi connectivity index (χ0) is 14.9. The lowest BCUT2D eigenvalue weighted by atomic mass is 10.0. The Bertz CT molecular complexity index is 507. The highest BCUT2D eigenvalue weighted by atomic mass is 16.5. The Morgan fingerprint density at radius 1 is 0.905 bits per heavy atom. The molecule has 0 amide bonds. The van der Waals surface area contributed by atoms with E-state index in [1.54, 1.807) is 0 Å². The molecular formula is C19H25NO. The Morgan fingerprint density at radius 3 is 2.24 bits per heavy atom. The van der Waals surface area contributed by atoms with Gasteiger partial charge in [-0.1, -0.05) is 50.6 Å². The van der Waals surface area contributed by atoms with Gasteiger partial charge in [-0.05, 0) is 42.7 Å². The van der Waals surface area contributed by atoms with E-state index >= 15 is 0 Å². The zero-order valence-electron chi connectivity index (χ0n) is 13.0. The molecule has 2 aromatic rings. The van der Waals surface area contributed by atoms with E-state index in [1.807, 2.05) is 12.1 Å². The Balaban J connectivity index is 2.03. The molecule has 2 heteroatoms. The van der Waals surface area contributed by atoms with Crippen molar-refractivity contribution in [1.82, 2.24) is 0 Å². The van der Waals surface area contributed by atoms with E-state index in [1.165, 1.54) is 5.56 Å². The predicted molar refractivity (Wildman–Crippen MR) is 89.9 cm³/mol. The first-order valence-corrected chi connectivity index (χ1v) is 7.87. The fraction of sp³-hybridized carbons (Fsp3) is 0.368. The third-order valence-electron chi connectivity index (χ3n) is 3.45. The standard InChI is InChI=1S/C19H25NO/c1-3-8-19(16-9-6-5-7-10-16)20-17-11-13-18(14-12-17)21-15-4-2/h5-7,9-14,19-20H,3-4,8,15H2,1-2H3. The Hall–Kier alpha value is -1.96. The van der Waals surface area contributed by atoms with Crippen molar-refractivity contribution in [3.8, 4) is 5.75 Å². The van der Waals surface area contributed by atoms with Gasteiger partial charge in [-0.3, -0.25) is 0 Å². The van der Waals surface area contributed by atoms with E-state index in [0.29, 0.717) is 6.04 Å². The molecule has 2 nitrogen and oxygen atoms in total. The second-order valence-corrected chi connectivity index (χ2v) is 5.27. The van der Waals surface area contributed by atoms with Crippen molar-refractivity contribution in [3.05, 3.63) is 60.2 Å². The summed E-state index contributed by atoms with van der Waals surface area (Å²) in [6.45, 7) is 5.11. The minimum atomic E-state index is 0.360. The molecule has 1 unspecified atom stereocenters. The number of benzene rings is 2. The molecule has 0 aliphatic carbocycles. The maximum Gasteiger partial charge on any atom is 0.119 e. The van der Waals surface area contributed by atoms with E-state index in [0.717, 1.165) is 37.3 Å². The van der Waals surface area contributed by atoms with Crippen LogP contribution < -0.4 is 10.1 Å². The van der Waals surface area contributed by atoms with Gasteiger partial charge in [0, 0.05) is 5.69 Å². The quantitative estimate of drug-likeness (QED) is 0.697. The molecule has 0 aliphatic rings. The van der Waals surface area contributed by atoms with E-state index in [2.05, 4.69) is 61.6 Å². The number of nitrogens with one attached hydrogen (secondary N) is 1. The summed E-state index contributed by atoms with van der Waals surface area (Å²) in [6, 6.07) is 19.2. The lowest BCUT2D eigenvalue weighted by Crippen LogP contribution is -2.10. The largest absolute Gasteiger partial charge is 0.494 e. The third kappa shape index (κ3) is 4.82. The summed E-state index contributed by atoms with van der Waals surface area (Å²) in [5.41, 5.74) is 2.48. The van der Waals surface area contributed by atoms with Crippen LogP contribution in [-0.2, 0) is 0 Å². The van der Waals surface area contributed by atoms with Crippen LogP contribution in [0.4, 0.5) is 5.69 Å². The Labute approximate surface area is 128 Å². The van der Waals surface area contributed by atoms with Crippen molar-refractivity contribution >= 4 is 5.69 Å². The summed E-state index contributed by atoms with van der Waals surface area (Å²) >= 11 is 0. The van der Waals surface area contributed by atoms with E-state index in [-0.39, 0.29) is 0 Å². The molecule has 0 saturated heterocycles. The molecule has 2 rings (SSSR count). The van der Waals surface area contributed by atoms with Gasteiger partial charge in [-0.25, -0.2) is 0 Å². The summed E-state index contributed by atoms with van der Waals surface area (Å²) in [6.07, 6.45) is 3.31. The molecule has 112 valence electrons. The van der Waals surface area contributed by atoms with Gasteiger partial charge in [0.15, 0.2) is 0 Å². The van der Waals surface area contributed by atoms with E-state index in [4.69, 9.17) is 4.74 Å². The fourth-order valence-corrected chi connectivity index (χ4v) is 2.36. The molecule has 1 atom stereocenters. The van der Waals surface area contributed by atoms with Gasteiger partial charge in [0.05, 0.1) is 12.6 Å². The number of ether oxygens (including phenoxy) is 1. The highest BCUT2D eigenvalue weighted by Crippen LogP contribution is 2.25. The maximum atomic E-state index is 5.62. The van der Waals surface area contributed by atoms with Crippen LogP contribution in [0.1, 0.15) is 44.7 Å². The van der Waals surface area contributed by atoms with Crippen LogP contribution in [0.15, 0.2) is 54.6 Å². The minimum absolute atomic E-state index is 0.360. The summed E-state index contributed by atoms with van der Waals surface area (Å²) in [5, 5.41) is 3.62. The van der Waals surface area contributed by atoms with E-state index < -0.39 is 0 Å². The Kier molecular flexibility index (Phi) is 6.14. The molecule has 2 aromatic carbocycles. The first-order valence-electron chi connectivity index (χ1n) is 7.87. The van der Waals surface area contributed by atoms with Gasteiger partial charge in [-0.15, -0.1) is 0 Å². The van der Waals surface area contributed by atoms with Crippen LogP contribution in [0.2, 0.25) is 0 Å². The van der Waals surface area contributed by atoms with Crippen LogP contribution in [0.25, 0.3) is 0 Å². The lowest BCUT2D eigenvalue weighted by Gasteiger charge is -2.20. The maximum absolute atomic E-state index is 5.62. The summed E-state index contributed by atoms with van der Waals surface area (Å²) in [4.78, 5) is 0. The normalized spacial score (nSPS) is 11.9. The van der Waals surface area contributed by atoms with Crippen LogP contribution in [0.3, 0.4) is 0 Å². The first-order chi connectivity index (χ1) is 10.3. The van der Waals surface area contributed by atoms with Crippen molar-refractivity contribution in [2.45, 2.75) is 39.2 Å². The van der Waals surface area contributed by atoms with Crippen molar-refractivity contribution in [2.24, 2.45) is 0 Å². The average Bonchev–Trinajstić information content (AvgIpc) is 2.54. The number of hydrogen-bond acceptors (Lipinski definition) is 2. The van der Waals surface area contributed by atoms with Crippen molar-refractivity contribution in [2.75, 3.05) is 11.9 Å². The van der Waals surface area contributed by atoms with E-state index in [9.17, 15) is 0 Å². The fourth-order valence-electron chi connectivity index (χ4n) is 2.36. The van der Waals surface area contributed by atoms with Crippen molar-refractivity contribution in [3.63, 3.8) is 0 Å². The second kappa shape index (κ2) is 8.35. The lowest BCUT2D eigenvalue weighted by molar-refractivity contribution is 0.317. The van der Waals surface area contributed by atoms with Crippen molar-refractivity contribution in [1.29, 1.82) is 0 Å². The zero-order valence-corrected chi connectivity index (χ0v) is 13.0. The summed E-state index contributed by atoms with van der Waals surface area (Å²) in [7, 11) is 0. The molecule has 0 heterocycles. The van der Waals surface area contributed by atoms with Gasteiger partial charge in [-0.2, -0.15) is 0 Å². The molecule has 0 spiro atoms. The molecule has 0 bridgehead atoms. The van der Waals surface area contributed by atoms with Gasteiger partial charge in [0.2, 0.25) is 0 Å². The molecule has 0 aromatic heterocycles. The summed E-state index contributed by atoms with van der Waals surface area (Å²) in [5.74, 6) is 0.939. The smallest absolute Gasteiger partial charge is 0.119 e. The van der Waals surface area contributed by atoms with Gasteiger partial charge in [0.1, 0.15) is 5.75 Å². The van der Waals surface area contributed by atoms with Gasteiger partial charge >= 0.3 is 0 Å². The number of anilines is 1. The minimum Gasteiger partial charge on any atom is -0.494 e.